The smallest absolute Gasteiger partial charge is 0.227 e. The van der Waals surface area contributed by atoms with Crippen molar-refractivity contribution in [2.75, 3.05) is 0 Å². The molecule has 3 nitrogen and oxygen atoms in total. The first-order valence-electron chi connectivity index (χ1n) is 7.95. The summed E-state index contributed by atoms with van der Waals surface area (Å²) >= 11 is 3.43. The van der Waals surface area contributed by atoms with Crippen LogP contribution in [0.15, 0.2) is 80.6 Å². The Hall–Kier alpha value is -2.72. The van der Waals surface area contributed by atoms with E-state index in [2.05, 4.69) is 38.9 Å². The Bertz CT molecular complexity index is 1060. The summed E-state index contributed by atoms with van der Waals surface area (Å²) in [7, 11) is 0. The van der Waals surface area contributed by atoms with Crippen LogP contribution in [0.25, 0.3) is 22.6 Å². The molecule has 0 saturated heterocycles. The summed E-state index contributed by atoms with van der Waals surface area (Å²) in [5, 5.41) is 0. The fourth-order valence-electron chi connectivity index (χ4n) is 2.62. The third-order valence-corrected chi connectivity index (χ3v) is 4.51. The van der Waals surface area contributed by atoms with Gasteiger partial charge in [-0.05, 0) is 48.4 Å². The van der Waals surface area contributed by atoms with E-state index in [0.29, 0.717) is 5.89 Å². The molecule has 0 atom stereocenters. The molecule has 25 heavy (non-hydrogen) atoms. The SMILES string of the molecule is Cc1ccccc1-c1nc2ccc(N=Cc3ccc(Br)cc3)cc2o1. The Morgan fingerprint density at radius 1 is 1.00 bits per heavy atom. The topological polar surface area (TPSA) is 38.4 Å². The van der Waals surface area contributed by atoms with Crippen LogP contribution in [0.5, 0.6) is 0 Å². The summed E-state index contributed by atoms with van der Waals surface area (Å²) in [6.07, 6.45) is 1.84. The van der Waals surface area contributed by atoms with Crippen LogP contribution in [-0.4, -0.2) is 11.2 Å². The molecule has 0 radical (unpaired) electrons. The van der Waals surface area contributed by atoms with Crippen LogP contribution in [0.1, 0.15) is 11.1 Å². The van der Waals surface area contributed by atoms with Crippen LogP contribution in [0.2, 0.25) is 0 Å². The van der Waals surface area contributed by atoms with Crippen LogP contribution in [0.3, 0.4) is 0 Å². The fourth-order valence-corrected chi connectivity index (χ4v) is 2.88. The number of rotatable bonds is 3. The summed E-state index contributed by atoms with van der Waals surface area (Å²) in [5.41, 5.74) is 5.61. The molecule has 0 N–H and O–H groups in total. The van der Waals surface area contributed by atoms with Crippen molar-refractivity contribution < 1.29 is 4.42 Å². The summed E-state index contributed by atoms with van der Waals surface area (Å²) in [4.78, 5) is 9.12. The maximum absolute atomic E-state index is 5.95. The summed E-state index contributed by atoms with van der Waals surface area (Å²) in [6, 6.07) is 21.9. The number of aromatic nitrogens is 1. The van der Waals surface area contributed by atoms with Gasteiger partial charge in [0.05, 0.1) is 5.69 Å². The molecule has 4 heteroatoms. The minimum Gasteiger partial charge on any atom is -0.436 e. The van der Waals surface area contributed by atoms with E-state index in [9.17, 15) is 0 Å². The number of hydrogen-bond acceptors (Lipinski definition) is 3. The van der Waals surface area contributed by atoms with Crippen LogP contribution < -0.4 is 0 Å². The van der Waals surface area contributed by atoms with Crippen molar-refractivity contribution in [3.8, 4) is 11.5 Å². The third kappa shape index (κ3) is 3.39. The van der Waals surface area contributed by atoms with E-state index >= 15 is 0 Å². The molecule has 122 valence electrons. The zero-order valence-corrected chi connectivity index (χ0v) is 15.2. The lowest BCUT2D eigenvalue weighted by atomic mass is 10.1. The summed E-state index contributed by atoms with van der Waals surface area (Å²) in [6.45, 7) is 2.05. The maximum atomic E-state index is 5.95. The van der Waals surface area contributed by atoms with Crippen molar-refractivity contribution in [1.82, 2.24) is 4.98 Å². The van der Waals surface area contributed by atoms with E-state index in [1.54, 1.807) is 0 Å². The monoisotopic (exact) mass is 390 g/mol. The number of aliphatic imine (C=N–C) groups is 1. The molecule has 0 aliphatic rings. The summed E-state index contributed by atoms with van der Waals surface area (Å²) in [5.74, 6) is 0.641. The maximum Gasteiger partial charge on any atom is 0.227 e. The number of oxazole rings is 1. The highest BCUT2D eigenvalue weighted by Crippen LogP contribution is 2.28. The van der Waals surface area contributed by atoms with Gasteiger partial charge in [-0.25, -0.2) is 4.98 Å². The molecule has 0 aliphatic carbocycles. The lowest BCUT2D eigenvalue weighted by molar-refractivity contribution is 0.619. The van der Waals surface area contributed by atoms with Crippen LogP contribution in [0, 0.1) is 6.92 Å². The quantitative estimate of drug-likeness (QED) is 0.384. The predicted octanol–water partition coefficient (Wildman–Crippen LogP) is 6.32. The Morgan fingerprint density at radius 3 is 2.60 bits per heavy atom. The van der Waals surface area contributed by atoms with E-state index in [4.69, 9.17) is 4.42 Å². The second-order valence-electron chi connectivity index (χ2n) is 5.80. The highest BCUT2D eigenvalue weighted by Gasteiger charge is 2.10. The predicted molar refractivity (Wildman–Crippen MR) is 106 cm³/mol. The Balaban J connectivity index is 1.66. The van der Waals surface area contributed by atoms with Gasteiger partial charge in [-0.15, -0.1) is 0 Å². The first-order chi connectivity index (χ1) is 12.2. The van der Waals surface area contributed by atoms with Gasteiger partial charge in [-0.2, -0.15) is 0 Å². The second-order valence-corrected chi connectivity index (χ2v) is 6.71. The molecule has 3 aromatic carbocycles. The summed E-state index contributed by atoms with van der Waals surface area (Å²) < 4.78 is 7.00. The van der Waals surface area contributed by atoms with Crippen molar-refractivity contribution in [2.45, 2.75) is 6.92 Å². The molecule has 0 amide bonds. The average Bonchev–Trinajstić information content (AvgIpc) is 3.04. The minimum atomic E-state index is 0.641. The second kappa shape index (κ2) is 6.65. The van der Waals surface area contributed by atoms with Crippen molar-refractivity contribution in [2.24, 2.45) is 4.99 Å². The van der Waals surface area contributed by atoms with Gasteiger partial charge in [0, 0.05) is 22.3 Å². The molecule has 1 aromatic heterocycles. The largest absolute Gasteiger partial charge is 0.436 e. The molecule has 0 saturated carbocycles. The van der Waals surface area contributed by atoms with Crippen LogP contribution in [0.4, 0.5) is 5.69 Å². The normalized spacial score (nSPS) is 11.4. The van der Waals surface area contributed by atoms with Gasteiger partial charge < -0.3 is 4.42 Å². The number of halogens is 1. The van der Waals surface area contributed by atoms with Gasteiger partial charge in [-0.1, -0.05) is 46.3 Å². The zero-order chi connectivity index (χ0) is 17.2. The fraction of sp³-hybridized carbons (Fsp3) is 0.0476. The average molecular weight is 391 g/mol. The molecule has 1 heterocycles. The highest BCUT2D eigenvalue weighted by molar-refractivity contribution is 9.10. The Morgan fingerprint density at radius 2 is 1.80 bits per heavy atom. The van der Waals surface area contributed by atoms with E-state index in [1.165, 1.54) is 0 Å². The zero-order valence-electron chi connectivity index (χ0n) is 13.6. The van der Waals surface area contributed by atoms with Gasteiger partial charge in [0.2, 0.25) is 5.89 Å². The molecule has 4 aromatic rings. The number of hydrogen-bond donors (Lipinski definition) is 0. The van der Waals surface area contributed by atoms with E-state index in [1.807, 2.05) is 66.9 Å². The standard InChI is InChI=1S/C21H15BrN2O/c1-14-4-2-3-5-18(14)21-24-19-11-10-17(12-20(19)25-21)23-13-15-6-8-16(22)9-7-15/h2-13H,1H3. The first-order valence-corrected chi connectivity index (χ1v) is 8.74. The highest BCUT2D eigenvalue weighted by atomic mass is 79.9. The molecule has 0 spiro atoms. The molecule has 0 bridgehead atoms. The number of aryl methyl sites for hydroxylation is 1. The molecule has 0 unspecified atom stereocenters. The number of benzene rings is 3. The molecule has 0 aliphatic heterocycles. The van der Waals surface area contributed by atoms with Crippen molar-refractivity contribution in [1.29, 1.82) is 0 Å². The minimum absolute atomic E-state index is 0.641. The molecule has 4 rings (SSSR count). The van der Waals surface area contributed by atoms with Crippen molar-refractivity contribution in [3.63, 3.8) is 0 Å². The van der Waals surface area contributed by atoms with E-state index in [-0.39, 0.29) is 0 Å². The van der Waals surface area contributed by atoms with Gasteiger partial charge in [-0.3, -0.25) is 4.99 Å². The van der Waals surface area contributed by atoms with E-state index < -0.39 is 0 Å². The lowest BCUT2D eigenvalue weighted by Crippen LogP contribution is -1.81. The Kier molecular flexibility index (Phi) is 4.20. The number of fused-ring (bicyclic) bond motifs is 1. The molecular formula is C21H15BrN2O. The van der Waals surface area contributed by atoms with Gasteiger partial charge >= 0.3 is 0 Å². The van der Waals surface area contributed by atoms with E-state index in [0.717, 1.165) is 38.0 Å². The lowest BCUT2D eigenvalue weighted by Gasteiger charge is -1.98. The van der Waals surface area contributed by atoms with Crippen molar-refractivity contribution in [3.05, 3.63) is 82.3 Å². The van der Waals surface area contributed by atoms with Gasteiger partial charge in [0.15, 0.2) is 5.58 Å². The third-order valence-electron chi connectivity index (χ3n) is 3.98. The van der Waals surface area contributed by atoms with Crippen LogP contribution in [-0.2, 0) is 0 Å². The van der Waals surface area contributed by atoms with Crippen molar-refractivity contribution >= 4 is 38.9 Å². The Labute approximate surface area is 154 Å². The van der Waals surface area contributed by atoms with Gasteiger partial charge in [0.25, 0.3) is 0 Å². The number of nitrogens with zero attached hydrogens (tertiary/aromatic N) is 2. The first kappa shape index (κ1) is 15.8. The molecular weight excluding hydrogens is 376 g/mol. The molecule has 0 fully saturated rings. The van der Waals surface area contributed by atoms with Crippen LogP contribution >= 0.6 is 15.9 Å². The van der Waals surface area contributed by atoms with Gasteiger partial charge in [0.1, 0.15) is 5.52 Å².